The molecule has 2 aliphatic carbocycles. The second kappa shape index (κ2) is 13.8. The van der Waals surface area contributed by atoms with Gasteiger partial charge < -0.3 is 14.7 Å². The zero-order chi connectivity index (χ0) is 29.3. The molecule has 1 fully saturated rings. The summed E-state index contributed by atoms with van der Waals surface area (Å²) in [6.07, 6.45) is -0.0639. The molecule has 0 aromatic heterocycles. The number of likely N-dealkylation sites (N-methyl/N-ethyl adjacent to an activating group) is 2. The summed E-state index contributed by atoms with van der Waals surface area (Å²) in [5.41, 5.74) is 8.12. The van der Waals surface area contributed by atoms with Gasteiger partial charge in [0.05, 0.1) is 5.70 Å². The van der Waals surface area contributed by atoms with Crippen molar-refractivity contribution in [2.45, 2.75) is 38.3 Å². The molecule has 0 aromatic carbocycles. The van der Waals surface area contributed by atoms with Crippen LogP contribution in [0.2, 0.25) is 0 Å². The number of nitrogens with zero attached hydrogens (tertiary/aromatic N) is 8. The Hall–Kier alpha value is -4.17. The van der Waals surface area contributed by atoms with E-state index >= 15 is 4.39 Å². The van der Waals surface area contributed by atoms with Crippen molar-refractivity contribution >= 4 is 11.9 Å². The van der Waals surface area contributed by atoms with Crippen LogP contribution in [0, 0.1) is 4.91 Å². The lowest BCUT2D eigenvalue weighted by atomic mass is 9.98. The van der Waals surface area contributed by atoms with Gasteiger partial charge in [-0.25, -0.2) is 14.4 Å². The third-order valence-corrected chi connectivity index (χ3v) is 6.45. The lowest BCUT2D eigenvalue weighted by Crippen LogP contribution is -2.51. The van der Waals surface area contributed by atoms with E-state index in [0.717, 1.165) is 12.2 Å². The maximum Gasteiger partial charge on any atom is 0.412 e. The highest BCUT2D eigenvalue weighted by molar-refractivity contribution is 5.84. The standard InChI is InChI=1S/C24H28F4N8O4/c1-34-12-14-36(15-13-34)23(30-22-16(4-3-5-18(22)25)6-11-21(37)31-38)35(2)19-9-7-17(24(26,27)28)8-10-20(19)39-40-33-32-29/h4,8-10H,3,5-7,11-15H2,1-2H3/b30-23+. The Morgan fingerprint density at radius 3 is 2.58 bits per heavy atom. The quantitative estimate of drug-likeness (QED) is 0.0444. The van der Waals surface area contributed by atoms with Crippen molar-refractivity contribution in [2.24, 2.45) is 15.4 Å². The normalized spacial score (nSPS) is 18.9. The maximum atomic E-state index is 15.2. The first-order valence-electron chi connectivity index (χ1n) is 12.3. The Labute approximate surface area is 227 Å². The summed E-state index contributed by atoms with van der Waals surface area (Å²) in [6.45, 7) is 2.20. The molecule has 0 bridgehead atoms. The molecule has 1 amide bonds. The van der Waals surface area contributed by atoms with E-state index in [-0.39, 0.29) is 42.4 Å². The van der Waals surface area contributed by atoms with Crippen molar-refractivity contribution < 1.29 is 32.2 Å². The van der Waals surface area contributed by atoms with Crippen LogP contribution < -0.4 is 0 Å². The van der Waals surface area contributed by atoms with Crippen LogP contribution in [-0.2, 0) is 14.7 Å². The Morgan fingerprint density at radius 1 is 1.20 bits per heavy atom. The molecular formula is C24H28F4N8O4. The lowest BCUT2D eigenvalue weighted by molar-refractivity contribution is -0.263. The Morgan fingerprint density at radius 2 is 1.93 bits per heavy atom. The predicted octanol–water partition coefficient (Wildman–Crippen LogP) is 5.33. The third kappa shape index (κ3) is 7.93. The summed E-state index contributed by atoms with van der Waals surface area (Å²) in [6, 6.07) is 0. The highest BCUT2D eigenvalue weighted by Crippen LogP contribution is 2.34. The van der Waals surface area contributed by atoms with Crippen molar-refractivity contribution in [1.82, 2.24) is 14.7 Å². The second-order valence-electron chi connectivity index (χ2n) is 9.11. The Bertz CT molecular complexity index is 1220. The van der Waals surface area contributed by atoms with Gasteiger partial charge in [0.1, 0.15) is 11.5 Å². The van der Waals surface area contributed by atoms with E-state index < -0.39 is 29.9 Å². The first kappa shape index (κ1) is 30.4. The van der Waals surface area contributed by atoms with E-state index in [2.05, 4.69) is 30.2 Å². The molecule has 0 atom stereocenters. The zero-order valence-electron chi connectivity index (χ0n) is 21.9. The molecule has 40 heavy (non-hydrogen) atoms. The van der Waals surface area contributed by atoms with E-state index in [1.807, 2.05) is 11.9 Å². The molecule has 216 valence electrons. The van der Waals surface area contributed by atoms with Gasteiger partial charge in [0, 0.05) is 61.7 Å². The molecule has 0 saturated carbocycles. The van der Waals surface area contributed by atoms with E-state index in [0.29, 0.717) is 38.2 Å². The number of guanidine groups is 1. The monoisotopic (exact) mass is 568 g/mol. The van der Waals surface area contributed by atoms with Gasteiger partial charge in [-0.3, -0.25) is 9.68 Å². The van der Waals surface area contributed by atoms with E-state index in [9.17, 15) is 22.9 Å². The molecule has 12 nitrogen and oxygen atoms in total. The minimum atomic E-state index is -4.62. The van der Waals surface area contributed by atoms with Crippen molar-refractivity contribution in [3.8, 4) is 0 Å². The molecule has 1 heterocycles. The Kier molecular flexibility index (Phi) is 10.4. The highest BCUT2D eigenvalue weighted by Gasteiger charge is 2.35. The smallest absolute Gasteiger partial charge is 0.340 e. The number of aliphatic imine (C=N–C) groups is 1. The van der Waals surface area contributed by atoms with Crippen LogP contribution in [0.25, 0.3) is 10.4 Å². The van der Waals surface area contributed by atoms with Crippen LogP contribution in [0.1, 0.15) is 32.1 Å². The van der Waals surface area contributed by atoms with Crippen LogP contribution in [0.3, 0.4) is 0 Å². The first-order chi connectivity index (χ1) is 19.0. The van der Waals surface area contributed by atoms with E-state index in [1.54, 1.807) is 6.08 Å². The fraction of sp³-hybridized carbons (Fsp3) is 0.500. The molecule has 3 rings (SSSR count). The molecule has 0 aromatic rings. The van der Waals surface area contributed by atoms with Gasteiger partial charge in [0.25, 0.3) is 5.91 Å². The number of halogens is 4. The summed E-state index contributed by atoms with van der Waals surface area (Å²) < 4.78 is 55.7. The molecule has 0 N–H and O–H groups in total. The van der Waals surface area contributed by atoms with Gasteiger partial charge in [-0.15, -0.1) is 4.91 Å². The van der Waals surface area contributed by atoms with Gasteiger partial charge in [0.2, 0.25) is 11.7 Å². The number of rotatable bonds is 8. The number of amides is 1. The van der Waals surface area contributed by atoms with Gasteiger partial charge in [-0.2, -0.15) is 13.2 Å². The number of hydrogen-bond acceptors (Lipinski definition) is 7. The molecule has 3 aliphatic rings. The zero-order valence-corrected chi connectivity index (χ0v) is 21.9. The van der Waals surface area contributed by atoms with Gasteiger partial charge in [-0.1, -0.05) is 12.2 Å². The summed E-state index contributed by atoms with van der Waals surface area (Å²) in [4.78, 5) is 43.9. The number of carbonyl (C=O) groups excluding carboxylic acids is 1. The molecular weight excluding hydrogens is 540 g/mol. The number of hydrogen-bond donors (Lipinski definition) is 0. The van der Waals surface area contributed by atoms with Crippen molar-refractivity contribution in [3.05, 3.63) is 73.8 Å². The summed E-state index contributed by atoms with van der Waals surface area (Å²) >= 11 is 0. The van der Waals surface area contributed by atoms with Crippen molar-refractivity contribution in [2.75, 3.05) is 40.3 Å². The van der Waals surface area contributed by atoms with Crippen LogP contribution in [-0.4, -0.2) is 73.0 Å². The lowest BCUT2D eigenvalue weighted by Gasteiger charge is -2.38. The number of piperazine rings is 1. The SMILES string of the molecule is CN1CCN(/C(=N/C2=C(F)CCC=C2CCC(=O)N=O)N(C)C2=CCC(C(F)(F)F)=CC=C2OON=[N+]=[N-])CC1. The van der Waals surface area contributed by atoms with E-state index in [1.165, 1.54) is 18.0 Å². The van der Waals surface area contributed by atoms with Crippen LogP contribution in [0.5, 0.6) is 0 Å². The molecule has 0 spiro atoms. The number of allylic oxidation sites excluding steroid dienone is 7. The molecule has 0 radical (unpaired) electrons. The Balaban J connectivity index is 2.06. The predicted molar refractivity (Wildman–Crippen MR) is 136 cm³/mol. The molecule has 16 heteroatoms. The first-order valence-corrected chi connectivity index (χ1v) is 12.3. The minimum Gasteiger partial charge on any atom is -0.340 e. The van der Waals surface area contributed by atoms with Crippen LogP contribution in [0.15, 0.2) is 73.9 Å². The number of alkyl halides is 3. The summed E-state index contributed by atoms with van der Waals surface area (Å²) in [5.74, 6) is -1.42. The molecule has 1 aliphatic heterocycles. The number of azide groups is 1. The number of nitroso groups, excluding NO2 is 1. The van der Waals surface area contributed by atoms with E-state index in [4.69, 9.17) is 10.4 Å². The fourth-order valence-electron chi connectivity index (χ4n) is 4.27. The van der Waals surface area contributed by atoms with Crippen LogP contribution >= 0.6 is 0 Å². The average molecular weight is 569 g/mol. The molecule has 1 saturated heterocycles. The second-order valence-corrected chi connectivity index (χ2v) is 9.11. The third-order valence-electron chi connectivity index (χ3n) is 6.45. The fourth-order valence-corrected chi connectivity index (χ4v) is 4.27. The molecule has 0 unspecified atom stereocenters. The van der Waals surface area contributed by atoms with Gasteiger partial charge in [0.15, 0.2) is 5.28 Å². The highest BCUT2D eigenvalue weighted by atomic mass is 19.4. The van der Waals surface area contributed by atoms with Crippen LogP contribution in [0.4, 0.5) is 17.6 Å². The number of carbonyl (C=O) groups is 1. The topological polar surface area (TPSA) is 136 Å². The maximum absolute atomic E-state index is 15.2. The van der Waals surface area contributed by atoms with Crippen molar-refractivity contribution in [1.29, 1.82) is 0 Å². The summed E-state index contributed by atoms with van der Waals surface area (Å²) in [7, 11) is 3.46. The summed E-state index contributed by atoms with van der Waals surface area (Å²) in [5, 5.41) is 5.20. The average Bonchev–Trinajstić information content (AvgIpc) is 3.14. The van der Waals surface area contributed by atoms with Gasteiger partial charge >= 0.3 is 6.18 Å². The largest absolute Gasteiger partial charge is 0.412 e. The van der Waals surface area contributed by atoms with Gasteiger partial charge in [-0.05, 0) is 49.6 Å². The van der Waals surface area contributed by atoms with Crippen molar-refractivity contribution in [3.63, 3.8) is 0 Å². The minimum absolute atomic E-state index is 0.0224.